The Bertz CT molecular complexity index is 1400. The molecule has 4 aromatic rings. The van der Waals surface area contributed by atoms with Crippen LogP contribution in [0.3, 0.4) is 0 Å². The molecule has 7 heteroatoms. The molecule has 1 fully saturated rings. The molecule has 5 nitrogen and oxygen atoms in total. The zero-order valence-corrected chi connectivity index (χ0v) is 21.5. The predicted molar refractivity (Wildman–Crippen MR) is 146 cm³/mol. The second kappa shape index (κ2) is 11.1. The first-order valence-corrected chi connectivity index (χ1v) is 12.9. The second-order valence-electron chi connectivity index (χ2n) is 9.04. The van der Waals surface area contributed by atoms with E-state index >= 15 is 0 Å². The number of aryl methyl sites for hydroxylation is 1. The smallest absolute Gasteiger partial charge is 0.255 e. The monoisotopic (exact) mass is 514 g/mol. The zero-order valence-electron chi connectivity index (χ0n) is 20.7. The summed E-state index contributed by atoms with van der Waals surface area (Å²) in [7, 11) is 0. The highest BCUT2D eigenvalue weighted by molar-refractivity contribution is 6.33. The molecule has 1 aliphatic heterocycles. The Morgan fingerprint density at radius 2 is 1.57 bits per heavy atom. The van der Waals surface area contributed by atoms with Crippen LogP contribution < -0.4 is 4.90 Å². The molecule has 1 aliphatic rings. The highest BCUT2D eigenvalue weighted by Gasteiger charge is 2.27. The van der Waals surface area contributed by atoms with Gasteiger partial charge in [-0.3, -0.25) is 4.79 Å². The van der Waals surface area contributed by atoms with E-state index in [0.29, 0.717) is 61.0 Å². The number of halogens is 2. The van der Waals surface area contributed by atoms with Gasteiger partial charge < -0.3 is 9.80 Å². The average molecular weight is 515 g/mol. The van der Waals surface area contributed by atoms with Crippen LogP contribution >= 0.6 is 11.6 Å². The van der Waals surface area contributed by atoms with Gasteiger partial charge in [-0.1, -0.05) is 79.2 Å². The van der Waals surface area contributed by atoms with Gasteiger partial charge in [-0.25, -0.2) is 14.4 Å². The molecule has 0 bridgehead atoms. The maximum absolute atomic E-state index is 14.7. The van der Waals surface area contributed by atoms with Crippen LogP contribution in [-0.4, -0.2) is 47.0 Å². The molecule has 0 spiro atoms. The van der Waals surface area contributed by atoms with Gasteiger partial charge >= 0.3 is 0 Å². The van der Waals surface area contributed by atoms with Crippen LogP contribution in [0.2, 0.25) is 5.02 Å². The van der Waals surface area contributed by atoms with Gasteiger partial charge in [0.05, 0.1) is 10.6 Å². The standard InChI is InChI=1S/C30H28ClFN4O/c1-2-27-24(20-22-12-6-9-15-26(22)32)29(34-28(33-27)21-10-4-3-5-11-21)35-16-18-36(19-17-35)30(37)23-13-7-8-14-25(23)31/h3-15H,2,16-20H2,1H3. The molecule has 1 amide bonds. The van der Waals surface area contributed by atoms with Crippen molar-refractivity contribution < 1.29 is 9.18 Å². The number of carbonyl (C=O) groups excluding carboxylic acids is 1. The lowest BCUT2D eigenvalue weighted by atomic mass is 10.0. The highest BCUT2D eigenvalue weighted by atomic mass is 35.5. The van der Waals surface area contributed by atoms with Crippen molar-refractivity contribution in [1.29, 1.82) is 0 Å². The van der Waals surface area contributed by atoms with Gasteiger partial charge in [0.25, 0.3) is 5.91 Å². The van der Waals surface area contributed by atoms with E-state index in [2.05, 4.69) is 11.8 Å². The molecular weight excluding hydrogens is 487 g/mol. The van der Waals surface area contributed by atoms with Gasteiger partial charge in [0.1, 0.15) is 11.6 Å². The maximum atomic E-state index is 14.7. The van der Waals surface area contributed by atoms with Crippen molar-refractivity contribution in [3.63, 3.8) is 0 Å². The SMILES string of the molecule is CCc1nc(-c2ccccc2)nc(N2CCN(C(=O)c3ccccc3Cl)CC2)c1Cc1ccccc1F. The summed E-state index contributed by atoms with van der Waals surface area (Å²) in [5.74, 6) is 1.15. The number of amides is 1. The number of hydrogen-bond donors (Lipinski definition) is 0. The normalized spacial score (nSPS) is 13.6. The third-order valence-electron chi connectivity index (χ3n) is 6.73. The van der Waals surface area contributed by atoms with Crippen LogP contribution in [0.1, 0.15) is 34.1 Å². The van der Waals surface area contributed by atoms with Crippen molar-refractivity contribution in [2.75, 3.05) is 31.1 Å². The molecule has 0 N–H and O–H groups in total. The molecule has 0 aliphatic carbocycles. The van der Waals surface area contributed by atoms with Crippen LogP contribution in [-0.2, 0) is 12.8 Å². The lowest BCUT2D eigenvalue weighted by Crippen LogP contribution is -2.49. The molecule has 1 saturated heterocycles. The maximum Gasteiger partial charge on any atom is 0.255 e. The number of hydrogen-bond acceptors (Lipinski definition) is 4. The molecule has 0 saturated carbocycles. The summed E-state index contributed by atoms with van der Waals surface area (Å²) in [6.07, 6.45) is 1.10. The number of rotatable bonds is 6. The van der Waals surface area contributed by atoms with Crippen LogP contribution in [0.25, 0.3) is 11.4 Å². The first-order chi connectivity index (χ1) is 18.0. The van der Waals surface area contributed by atoms with Gasteiger partial charge in [0, 0.05) is 49.4 Å². The number of nitrogens with zero attached hydrogens (tertiary/aromatic N) is 4. The first kappa shape index (κ1) is 24.9. The van der Waals surface area contributed by atoms with Crippen LogP contribution in [0, 0.1) is 5.82 Å². The Morgan fingerprint density at radius 3 is 2.27 bits per heavy atom. The van der Waals surface area contributed by atoms with Gasteiger partial charge in [-0.05, 0) is 30.2 Å². The number of anilines is 1. The van der Waals surface area contributed by atoms with E-state index < -0.39 is 0 Å². The lowest BCUT2D eigenvalue weighted by molar-refractivity contribution is 0.0746. The van der Waals surface area contributed by atoms with Crippen LogP contribution in [0.4, 0.5) is 10.2 Å². The first-order valence-electron chi connectivity index (χ1n) is 12.5. The van der Waals surface area contributed by atoms with Crippen LogP contribution in [0.15, 0.2) is 78.9 Å². The number of aromatic nitrogens is 2. The quantitative estimate of drug-likeness (QED) is 0.314. The summed E-state index contributed by atoms with van der Waals surface area (Å²) < 4.78 is 14.7. The van der Waals surface area contributed by atoms with Gasteiger partial charge in [-0.2, -0.15) is 0 Å². The summed E-state index contributed by atoms with van der Waals surface area (Å²) in [6.45, 7) is 4.35. The minimum absolute atomic E-state index is 0.0706. The Kier molecular flexibility index (Phi) is 7.47. The Labute approximate surface area is 221 Å². The molecule has 0 radical (unpaired) electrons. The van der Waals surface area contributed by atoms with Crippen molar-refractivity contribution in [3.05, 3.63) is 112 Å². The van der Waals surface area contributed by atoms with E-state index in [4.69, 9.17) is 21.6 Å². The summed E-state index contributed by atoms with van der Waals surface area (Å²) in [6, 6.07) is 23.9. The fourth-order valence-electron chi connectivity index (χ4n) is 4.73. The third-order valence-corrected chi connectivity index (χ3v) is 7.06. The van der Waals surface area contributed by atoms with E-state index in [1.165, 1.54) is 6.07 Å². The van der Waals surface area contributed by atoms with Crippen LogP contribution in [0.5, 0.6) is 0 Å². The van der Waals surface area contributed by atoms with Crippen molar-refractivity contribution in [2.45, 2.75) is 19.8 Å². The van der Waals surface area contributed by atoms with Gasteiger partial charge in [-0.15, -0.1) is 0 Å². The average Bonchev–Trinajstić information content (AvgIpc) is 2.94. The molecular formula is C30H28ClFN4O. The second-order valence-corrected chi connectivity index (χ2v) is 9.45. The molecule has 37 heavy (non-hydrogen) atoms. The van der Waals surface area contributed by atoms with Crippen molar-refractivity contribution >= 4 is 23.3 Å². The number of carbonyl (C=O) groups is 1. The summed E-state index contributed by atoms with van der Waals surface area (Å²) in [5.41, 5.74) is 3.89. The van der Waals surface area contributed by atoms with Crippen molar-refractivity contribution in [2.24, 2.45) is 0 Å². The fraction of sp³-hybridized carbons (Fsp3) is 0.233. The summed E-state index contributed by atoms with van der Waals surface area (Å²) in [4.78, 5) is 27.0. The minimum Gasteiger partial charge on any atom is -0.353 e. The van der Waals surface area contributed by atoms with Gasteiger partial charge in [0.15, 0.2) is 5.82 Å². The lowest BCUT2D eigenvalue weighted by Gasteiger charge is -2.37. The molecule has 0 atom stereocenters. The third kappa shape index (κ3) is 5.35. The van der Waals surface area contributed by atoms with Crippen molar-refractivity contribution in [1.82, 2.24) is 14.9 Å². The molecule has 5 rings (SSSR count). The van der Waals surface area contributed by atoms with E-state index in [9.17, 15) is 9.18 Å². The van der Waals surface area contributed by atoms with E-state index in [-0.39, 0.29) is 11.7 Å². The predicted octanol–water partition coefficient (Wildman–Crippen LogP) is 6.05. The minimum atomic E-state index is -0.238. The van der Waals surface area contributed by atoms with Gasteiger partial charge in [0.2, 0.25) is 0 Å². The number of benzene rings is 3. The largest absolute Gasteiger partial charge is 0.353 e. The van der Waals surface area contributed by atoms with E-state index in [1.54, 1.807) is 18.2 Å². The summed E-state index contributed by atoms with van der Waals surface area (Å²) >= 11 is 6.28. The highest BCUT2D eigenvalue weighted by Crippen LogP contribution is 2.30. The fourth-order valence-corrected chi connectivity index (χ4v) is 4.94. The molecule has 0 unspecified atom stereocenters. The Balaban J connectivity index is 1.48. The topological polar surface area (TPSA) is 49.3 Å². The zero-order chi connectivity index (χ0) is 25.8. The molecule has 1 aromatic heterocycles. The summed E-state index contributed by atoms with van der Waals surface area (Å²) in [5, 5.41) is 0.456. The molecule has 3 aromatic carbocycles. The number of piperazine rings is 1. The Hall–Kier alpha value is -3.77. The van der Waals surface area contributed by atoms with E-state index in [1.807, 2.05) is 59.5 Å². The van der Waals surface area contributed by atoms with Crippen molar-refractivity contribution in [3.8, 4) is 11.4 Å². The molecule has 188 valence electrons. The van der Waals surface area contributed by atoms with E-state index in [0.717, 1.165) is 22.6 Å². The molecule has 2 heterocycles. The Morgan fingerprint density at radius 1 is 0.892 bits per heavy atom.